The lowest BCUT2D eigenvalue weighted by Gasteiger charge is -2.29. The van der Waals surface area contributed by atoms with Crippen LogP contribution in [-0.2, 0) is 0 Å². The average molecular weight is 594 g/mol. The van der Waals surface area contributed by atoms with Crippen molar-refractivity contribution >= 4 is 22.8 Å². The van der Waals surface area contributed by atoms with Crippen LogP contribution in [0.25, 0.3) is 22.3 Å². The zero-order valence-corrected chi connectivity index (χ0v) is 26.1. The van der Waals surface area contributed by atoms with Gasteiger partial charge in [0.15, 0.2) is 5.84 Å². The molecule has 7 rings (SSSR count). The summed E-state index contributed by atoms with van der Waals surface area (Å²) >= 11 is 0. The number of rotatable bonds is 7. The Morgan fingerprint density at radius 1 is 0.435 bits per heavy atom. The van der Waals surface area contributed by atoms with Crippen molar-refractivity contribution < 1.29 is 0 Å². The fraction of sp³-hybridized carbons (Fsp3) is 0.0698. The Labute approximate surface area is 271 Å². The van der Waals surface area contributed by atoms with E-state index in [4.69, 9.17) is 9.98 Å². The molecular weight excluding hydrogens is 558 g/mol. The van der Waals surface area contributed by atoms with Crippen LogP contribution in [0.2, 0.25) is 0 Å². The number of aliphatic imine (C=N–C) groups is 2. The largest absolute Gasteiger partial charge is 0.346 e. The molecule has 0 fully saturated rings. The van der Waals surface area contributed by atoms with Gasteiger partial charge in [0, 0.05) is 11.1 Å². The lowest BCUT2D eigenvalue weighted by molar-refractivity contribution is 0.480. The van der Waals surface area contributed by atoms with Gasteiger partial charge < -0.3 is 5.32 Å². The first kappa shape index (κ1) is 28.9. The summed E-state index contributed by atoms with van der Waals surface area (Å²) in [6.45, 7) is 4.14. The fourth-order valence-corrected chi connectivity index (χ4v) is 5.99. The third-order valence-corrected chi connectivity index (χ3v) is 8.14. The highest BCUT2D eigenvalue weighted by atomic mass is 15.2. The summed E-state index contributed by atoms with van der Waals surface area (Å²) in [6, 6.07) is 59.8. The SMILES string of the molecule is CC1(C)N=C(c2ccc(-c3cccc(C(=C(c4ccccc4)c4ccccc4)c4ccccc4)c3)cc2)N=C(c2ccccc2)N1. The van der Waals surface area contributed by atoms with Crippen LogP contribution >= 0.6 is 0 Å². The fourth-order valence-electron chi connectivity index (χ4n) is 5.99. The number of hydrogen-bond donors (Lipinski definition) is 1. The molecule has 0 radical (unpaired) electrons. The number of nitrogens with zero attached hydrogens (tertiary/aromatic N) is 2. The van der Waals surface area contributed by atoms with Crippen molar-refractivity contribution in [1.82, 2.24) is 5.32 Å². The topological polar surface area (TPSA) is 36.8 Å². The lowest BCUT2D eigenvalue weighted by Crippen LogP contribution is -2.46. The van der Waals surface area contributed by atoms with Crippen molar-refractivity contribution in [3.05, 3.63) is 203 Å². The Morgan fingerprint density at radius 2 is 0.870 bits per heavy atom. The highest BCUT2D eigenvalue weighted by Crippen LogP contribution is 2.38. The van der Waals surface area contributed by atoms with Crippen molar-refractivity contribution in [1.29, 1.82) is 0 Å². The van der Waals surface area contributed by atoms with E-state index >= 15 is 0 Å². The van der Waals surface area contributed by atoms with Crippen LogP contribution in [0.1, 0.15) is 47.2 Å². The number of amidine groups is 2. The molecule has 6 aromatic carbocycles. The summed E-state index contributed by atoms with van der Waals surface area (Å²) in [5, 5.41) is 3.47. The van der Waals surface area contributed by atoms with Gasteiger partial charge in [-0.05, 0) is 64.4 Å². The molecule has 46 heavy (non-hydrogen) atoms. The summed E-state index contributed by atoms with van der Waals surface area (Å²) in [5.41, 5.74) is 11.0. The Kier molecular flexibility index (Phi) is 7.97. The van der Waals surface area contributed by atoms with Gasteiger partial charge in [0.05, 0.1) is 0 Å². The van der Waals surface area contributed by atoms with Gasteiger partial charge in [-0.15, -0.1) is 0 Å². The molecule has 1 aliphatic rings. The van der Waals surface area contributed by atoms with Gasteiger partial charge in [-0.2, -0.15) is 0 Å². The standard InChI is InChI=1S/C43H35N3/c1-43(2)45-41(35-22-13-6-14-23-35)44-42(46-43)36-28-26-31(27-29-36)37-24-15-25-38(30-37)40(34-20-11-5-12-21-34)39(32-16-7-3-8-17-32)33-18-9-4-10-19-33/h3-30H,1-2H3,(H,44,45,46). The summed E-state index contributed by atoms with van der Waals surface area (Å²) < 4.78 is 0. The number of benzene rings is 6. The molecule has 0 unspecified atom stereocenters. The first-order valence-electron chi connectivity index (χ1n) is 15.7. The van der Waals surface area contributed by atoms with Crippen LogP contribution in [0.3, 0.4) is 0 Å². The molecule has 222 valence electrons. The Bertz CT molecular complexity index is 2000. The normalized spacial score (nSPS) is 13.6. The predicted molar refractivity (Wildman–Crippen MR) is 193 cm³/mol. The van der Waals surface area contributed by atoms with Crippen molar-refractivity contribution in [2.24, 2.45) is 9.98 Å². The maximum Gasteiger partial charge on any atom is 0.159 e. The molecule has 0 saturated carbocycles. The maximum atomic E-state index is 4.92. The zero-order valence-electron chi connectivity index (χ0n) is 26.1. The number of nitrogens with one attached hydrogen (secondary N) is 1. The van der Waals surface area contributed by atoms with Crippen molar-refractivity contribution in [2.75, 3.05) is 0 Å². The second kappa shape index (κ2) is 12.7. The lowest BCUT2D eigenvalue weighted by atomic mass is 9.85. The van der Waals surface area contributed by atoms with E-state index in [1.54, 1.807) is 0 Å². The Morgan fingerprint density at radius 3 is 1.41 bits per heavy atom. The maximum absolute atomic E-state index is 4.92. The predicted octanol–water partition coefficient (Wildman–Crippen LogP) is 9.89. The second-order valence-electron chi connectivity index (χ2n) is 12.0. The highest BCUT2D eigenvalue weighted by molar-refractivity contribution is 6.13. The molecule has 1 N–H and O–H groups in total. The monoisotopic (exact) mass is 593 g/mol. The third kappa shape index (κ3) is 6.22. The first-order valence-corrected chi connectivity index (χ1v) is 15.7. The molecule has 3 nitrogen and oxygen atoms in total. The van der Waals surface area contributed by atoms with Crippen molar-refractivity contribution in [3.63, 3.8) is 0 Å². The van der Waals surface area contributed by atoms with Crippen LogP contribution in [0.5, 0.6) is 0 Å². The van der Waals surface area contributed by atoms with Gasteiger partial charge in [-0.25, -0.2) is 9.98 Å². The molecule has 0 bridgehead atoms. The van der Waals surface area contributed by atoms with E-state index < -0.39 is 5.66 Å². The molecule has 1 aliphatic heterocycles. The average Bonchev–Trinajstić information content (AvgIpc) is 3.11. The van der Waals surface area contributed by atoms with Crippen molar-refractivity contribution in [3.8, 4) is 11.1 Å². The van der Waals surface area contributed by atoms with Gasteiger partial charge in [0.2, 0.25) is 0 Å². The Hall–Kier alpha value is -5.80. The van der Waals surface area contributed by atoms with Crippen LogP contribution in [0, 0.1) is 0 Å². The van der Waals surface area contributed by atoms with E-state index in [1.807, 2.05) is 18.2 Å². The molecule has 0 saturated heterocycles. The summed E-state index contributed by atoms with van der Waals surface area (Å²) in [6.07, 6.45) is 0. The molecule has 6 aromatic rings. The summed E-state index contributed by atoms with van der Waals surface area (Å²) in [4.78, 5) is 9.84. The quantitative estimate of drug-likeness (QED) is 0.184. The summed E-state index contributed by atoms with van der Waals surface area (Å²) in [7, 11) is 0. The van der Waals surface area contributed by atoms with E-state index in [2.05, 4.69) is 171 Å². The molecule has 3 heteroatoms. The third-order valence-electron chi connectivity index (χ3n) is 8.14. The molecular formula is C43H35N3. The minimum atomic E-state index is -0.468. The van der Waals surface area contributed by atoms with Gasteiger partial charge in [-0.3, -0.25) is 0 Å². The van der Waals surface area contributed by atoms with Gasteiger partial charge >= 0.3 is 0 Å². The van der Waals surface area contributed by atoms with Crippen molar-refractivity contribution in [2.45, 2.75) is 19.5 Å². The molecule has 0 amide bonds. The van der Waals surface area contributed by atoms with E-state index in [0.29, 0.717) is 0 Å². The molecule has 0 aromatic heterocycles. The van der Waals surface area contributed by atoms with Crippen LogP contribution in [0.15, 0.2) is 180 Å². The minimum absolute atomic E-state index is 0.468. The molecule has 0 spiro atoms. The molecule has 1 heterocycles. The molecule has 0 aliphatic carbocycles. The number of hydrogen-bond acceptors (Lipinski definition) is 3. The van der Waals surface area contributed by atoms with Gasteiger partial charge in [0.1, 0.15) is 11.5 Å². The highest BCUT2D eigenvalue weighted by Gasteiger charge is 2.25. The minimum Gasteiger partial charge on any atom is -0.346 e. The van der Waals surface area contributed by atoms with Gasteiger partial charge in [-0.1, -0.05) is 164 Å². The van der Waals surface area contributed by atoms with E-state index in [0.717, 1.165) is 39.5 Å². The van der Waals surface area contributed by atoms with Crippen LogP contribution < -0.4 is 5.32 Å². The smallest absolute Gasteiger partial charge is 0.159 e. The molecule has 0 atom stereocenters. The van der Waals surface area contributed by atoms with Crippen LogP contribution in [0.4, 0.5) is 0 Å². The second-order valence-corrected chi connectivity index (χ2v) is 12.0. The van der Waals surface area contributed by atoms with E-state index in [-0.39, 0.29) is 0 Å². The van der Waals surface area contributed by atoms with E-state index in [1.165, 1.54) is 27.8 Å². The first-order chi connectivity index (χ1) is 22.5. The van der Waals surface area contributed by atoms with E-state index in [9.17, 15) is 0 Å². The van der Waals surface area contributed by atoms with Gasteiger partial charge in [0.25, 0.3) is 0 Å². The zero-order chi connectivity index (χ0) is 31.3. The van der Waals surface area contributed by atoms with Crippen LogP contribution in [-0.4, -0.2) is 17.3 Å². The summed E-state index contributed by atoms with van der Waals surface area (Å²) in [5.74, 6) is 1.56. The Balaban J connectivity index is 1.31.